The van der Waals surface area contributed by atoms with Crippen LogP contribution in [0.4, 0.5) is 5.69 Å². The van der Waals surface area contributed by atoms with Crippen LogP contribution in [0.5, 0.6) is 11.6 Å². The summed E-state index contributed by atoms with van der Waals surface area (Å²) in [4.78, 5) is 4.20. The number of anilines is 1. The quantitative estimate of drug-likeness (QED) is 0.801. The Kier molecular flexibility index (Phi) is 3.00. The second kappa shape index (κ2) is 4.45. The maximum absolute atomic E-state index is 5.88. The van der Waals surface area contributed by atoms with Crippen LogP contribution in [0.2, 0.25) is 0 Å². The van der Waals surface area contributed by atoms with E-state index in [9.17, 15) is 0 Å². The van der Waals surface area contributed by atoms with Crippen molar-refractivity contribution in [1.29, 1.82) is 0 Å². The number of aryl methyl sites for hydroxylation is 3. The van der Waals surface area contributed by atoms with E-state index in [1.54, 1.807) is 6.20 Å². The summed E-state index contributed by atoms with van der Waals surface area (Å²) in [6, 6.07) is 7.72. The lowest BCUT2D eigenvalue weighted by molar-refractivity contribution is 0.456. The highest BCUT2D eigenvalue weighted by Gasteiger charge is 2.07. The average molecular weight is 228 g/mol. The predicted molar refractivity (Wildman–Crippen MR) is 69.4 cm³/mol. The van der Waals surface area contributed by atoms with Gasteiger partial charge in [0.05, 0.1) is 0 Å². The third kappa shape index (κ3) is 2.38. The van der Waals surface area contributed by atoms with Gasteiger partial charge in [-0.1, -0.05) is 12.1 Å². The smallest absolute Gasteiger partial charge is 0.222 e. The fraction of sp³-hybridized carbons (Fsp3) is 0.214. The standard InChI is InChI=1S/C14H16N2O/c1-9-5-4-6-16-14(9)17-13-8-12(15)10(2)7-11(13)3/h4-8H,15H2,1-3H3. The number of benzene rings is 1. The van der Waals surface area contributed by atoms with E-state index >= 15 is 0 Å². The van der Waals surface area contributed by atoms with Gasteiger partial charge in [0.2, 0.25) is 5.88 Å². The molecule has 3 heteroatoms. The molecule has 1 aromatic heterocycles. The van der Waals surface area contributed by atoms with Crippen LogP contribution >= 0.6 is 0 Å². The third-order valence-corrected chi connectivity index (χ3v) is 2.73. The zero-order valence-corrected chi connectivity index (χ0v) is 10.3. The van der Waals surface area contributed by atoms with E-state index in [2.05, 4.69) is 4.98 Å². The minimum atomic E-state index is 0.624. The molecule has 17 heavy (non-hydrogen) atoms. The van der Waals surface area contributed by atoms with Crippen LogP contribution < -0.4 is 10.5 Å². The number of nitrogen functional groups attached to an aromatic ring is 1. The molecule has 1 heterocycles. The SMILES string of the molecule is Cc1cc(C)c(Oc2ncccc2C)cc1N. The lowest BCUT2D eigenvalue weighted by atomic mass is 10.1. The zero-order valence-electron chi connectivity index (χ0n) is 10.3. The molecule has 0 unspecified atom stereocenters. The Balaban J connectivity index is 2.37. The molecule has 0 aliphatic carbocycles. The Morgan fingerprint density at radius 1 is 1.06 bits per heavy atom. The number of ether oxygens (including phenoxy) is 1. The number of aromatic nitrogens is 1. The molecule has 0 aliphatic heterocycles. The van der Waals surface area contributed by atoms with Crippen molar-refractivity contribution < 1.29 is 4.74 Å². The highest BCUT2D eigenvalue weighted by molar-refractivity contribution is 5.54. The van der Waals surface area contributed by atoms with Gasteiger partial charge in [-0.3, -0.25) is 0 Å². The summed E-state index contributed by atoms with van der Waals surface area (Å²) in [6.45, 7) is 5.95. The van der Waals surface area contributed by atoms with Crippen molar-refractivity contribution in [3.63, 3.8) is 0 Å². The molecule has 3 nitrogen and oxygen atoms in total. The summed E-state index contributed by atoms with van der Waals surface area (Å²) in [7, 11) is 0. The van der Waals surface area contributed by atoms with Crippen LogP contribution in [-0.4, -0.2) is 4.98 Å². The van der Waals surface area contributed by atoms with Crippen molar-refractivity contribution in [2.75, 3.05) is 5.73 Å². The summed E-state index contributed by atoms with van der Waals surface area (Å²) in [5.41, 5.74) is 9.74. The molecule has 2 aromatic rings. The Hall–Kier alpha value is -2.03. The van der Waals surface area contributed by atoms with E-state index in [-0.39, 0.29) is 0 Å². The fourth-order valence-electron chi connectivity index (χ4n) is 1.64. The first-order valence-electron chi connectivity index (χ1n) is 5.54. The van der Waals surface area contributed by atoms with Gasteiger partial charge in [0.1, 0.15) is 5.75 Å². The second-order valence-corrected chi connectivity index (χ2v) is 4.20. The lowest BCUT2D eigenvalue weighted by Gasteiger charge is -2.11. The molecule has 1 aromatic carbocycles. The molecule has 0 saturated carbocycles. The normalized spacial score (nSPS) is 10.3. The summed E-state index contributed by atoms with van der Waals surface area (Å²) < 4.78 is 5.78. The monoisotopic (exact) mass is 228 g/mol. The average Bonchev–Trinajstić information content (AvgIpc) is 2.29. The molecule has 88 valence electrons. The van der Waals surface area contributed by atoms with Crippen LogP contribution in [-0.2, 0) is 0 Å². The molecule has 2 rings (SSSR count). The summed E-state index contributed by atoms with van der Waals surface area (Å²) in [5, 5.41) is 0. The molecule has 2 N–H and O–H groups in total. The van der Waals surface area contributed by atoms with E-state index in [0.29, 0.717) is 5.88 Å². The van der Waals surface area contributed by atoms with Crippen molar-refractivity contribution in [3.05, 3.63) is 47.2 Å². The van der Waals surface area contributed by atoms with Crippen molar-refractivity contribution in [1.82, 2.24) is 4.98 Å². The van der Waals surface area contributed by atoms with Crippen molar-refractivity contribution >= 4 is 5.69 Å². The molecule has 0 fully saturated rings. The molecule has 0 saturated heterocycles. The number of nitrogens with zero attached hydrogens (tertiary/aromatic N) is 1. The van der Waals surface area contributed by atoms with Crippen molar-refractivity contribution in [2.24, 2.45) is 0 Å². The highest BCUT2D eigenvalue weighted by Crippen LogP contribution is 2.29. The largest absolute Gasteiger partial charge is 0.438 e. The number of rotatable bonds is 2. The Bertz CT molecular complexity index is 550. The van der Waals surface area contributed by atoms with Crippen LogP contribution in [0, 0.1) is 20.8 Å². The Morgan fingerprint density at radius 3 is 2.53 bits per heavy atom. The van der Waals surface area contributed by atoms with E-state index in [0.717, 1.165) is 28.1 Å². The molecule has 0 atom stereocenters. The maximum atomic E-state index is 5.88. The Morgan fingerprint density at radius 2 is 1.82 bits per heavy atom. The lowest BCUT2D eigenvalue weighted by Crippen LogP contribution is -1.96. The van der Waals surface area contributed by atoms with Crippen LogP contribution in [0.3, 0.4) is 0 Å². The van der Waals surface area contributed by atoms with Crippen LogP contribution in [0.25, 0.3) is 0 Å². The third-order valence-electron chi connectivity index (χ3n) is 2.73. The van der Waals surface area contributed by atoms with Crippen LogP contribution in [0.1, 0.15) is 16.7 Å². The summed E-state index contributed by atoms with van der Waals surface area (Å²) in [5.74, 6) is 1.38. The number of nitrogens with two attached hydrogens (primary N) is 1. The molecule has 0 radical (unpaired) electrons. The number of hydrogen-bond acceptors (Lipinski definition) is 3. The van der Waals surface area contributed by atoms with Gasteiger partial charge in [0.25, 0.3) is 0 Å². The van der Waals surface area contributed by atoms with Gasteiger partial charge in [-0.25, -0.2) is 4.98 Å². The first-order valence-corrected chi connectivity index (χ1v) is 5.54. The first kappa shape index (κ1) is 11.5. The molecule has 0 spiro atoms. The van der Waals surface area contributed by atoms with E-state index in [4.69, 9.17) is 10.5 Å². The molecule has 0 amide bonds. The van der Waals surface area contributed by atoms with Gasteiger partial charge in [0, 0.05) is 23.5 Å². The minimum Gasteiger partial charge on any atom is -0.438 e. The van der Waals surface area contributed by atoms with Gasteiger partial charge in [-0.15, -0.1) is 0 Å². The zero-order chi connectivity index (χ0) is 12.4. The first-order chi connectivity index (χ1) is 8.08. The number of hydrogen-bond donors (Lipinski definition) is 1. The van der Waals surface area contributed by atoms with Gasteiger partial charge in [-0.2, -0.15) is 0 Å². The second-order valence-electron chi connectivity index (χ2n) is 4.20. The highest BCUT2D eigenvalue weighted by atomic mass is 16.5. The van der Waals surface area contributed by atoms with Crippen molar-refractivity contribution in [3.8, 4) is 11.6 Å². The number of pyridine rings is 1. The minimum absolute atomic E-state index is 0.624. The molecular formula is C14H16N2O. The van der Waals surface area contributed by atoms with Gasteiger partial charge in [-0.05, 0) is 38.0 Å². The van der Waals surface area contributed by atoms with Crippen molar-refractivity contribution in [2.45, 2.75) is 20.8 Å². The Labute approximate surface area is 101 Å². The summed E-state index contributed by atoms with van der Waals surface area (Å²) in [6.07, 6.45) is 1.72. The fourth-order valence-corrected chi connectivity index (χ4v) is 1.64. The predicted octanol–water partition coefficient (Wildman–Crippen LogP) is 3.38. The molecular weight excluding hydrogens is 212 g/mol. The van der Waals surface area contributed by atoms with Gasteiger partial charge >= 0.3 is 0 Å². The summed E-state index contributed by atoms with van der Waals surface area (Å²) >= 11 is 0. The topological polar surface area (TPSA) is 48.1 Å². The van der Waals surface area contributed by atoms with Gasteiger partial charge < -0.3 is 10.5 Å². The van der Waals surface area contributed by atoms with E-state index in [1.807, 2.05) is 45.0 Å². The molecule has 0 aliphatic rings. The van der Waals surface area contributed by atoms with Gasteiger partial charge in [0.15, 0.2) is 0 Å². The van der Waals surface area contributed by atoms with E-state index < -0.39 is 0 Å². The van der Waals surface area contributed by atoms with E-state index in [1.165, 1.54) is 0 Å². The van der Waals surface area contributed by atoms with Crippen LogP contribution in [0.15, 0.2) is 30.5 Å². The maximum Gasteiger partial charge on any atom is 0.222 e. The molecule has 0 bridgehead atoms.